The van der Waals surface area contributed by atoms with Crippen LogP contribution in [0.15, 0.2) is 18.2 Å². The monoisotopic (exact) mass is 250 g/mol. The van der Waals surface area contributed by atoms with Crippen LogP contribution in [0.1, 0.15) is 22.3 Å². The van der Waals surface area contributed by atoms with Crippen LogP contribution in [0.5, 0.6) is 0 Å². The second-order valence-electron chi connectivity index (χ2n) is 3.39. The fourth-order valence-corrected chi connectivity index (χ4v) is 1.24. The number of methoxy groups -OCH3 is 1. The molecule has 18 heavy (non-hydrogen) atoms. The summed E-state index contributed by atoms with van der Waals surface area (Å²) >= 11 is 0. The predicted octanol–water partition coefficient (Wildman–Crippen LogP) is 0.990. The van der Waals surface area contributed by atoms with E-state index in [2.05, 4.69) is 10.1 Å². The van der Waals surface area contributed by atoms with E-state index in [0.29, 0.717) is 0 Å². The highest BCUT2D eigenvalue weighted by Crippen LogP contribution is 2.09. The molecule has 0 aromatic heterocycles. The highest BCUT2D eigenvalue weighted by Gasteiger charge is 2.12. The van der Waals surface area contributed by atoms with Crippen molar-refractivity contribution in [3.8, 4) is 6.07 Å². The summed E-state index contributed by atoms with van der Waals surface area (Å²) in [5.74, 6) is -1.87. The molecule has 1 aromatic rings. The fourth-order valence-electron chi connectivity index (χ4n) is 1.24. The topological polar surface area (TPSA) is 79.2 Å². The van der Waals surface area contributed by atoms with Gasteiger partial charge < -0.3 is 10.1 Å². The first-order valence-electron chi connectivity index (χ1n) is 5.13. The average molecular weight is 250 g/mol. The molecule has 0 radical (unpaired) electrons. The number of rotatable bonds is 4. The Morgan fingerprint density at radius 1 is 1.50 bits per heavy atom. The Bertz CT molecular complexity index is 509. The van der Waals surface area contributed by atoms with Crippen molar-refractivity contribution in [2.75, 3.05) is 13.7 Å². The molecule has 6 heteroatoms. The lowest BCUT2D eigenvalue weighted by molar-refractivity contribution is -0.140. The molecule has 1 aromatic carbocycles. The second-order valence-corrected chi connectivity index (χ2v) is 3.39. The molecule has 1 rings (SSSR count). The molecule has 1 N–H and O–H groups in total. The second kappa shape index (κ2) is 6.35. The minimum Gasteiger partial charge on any atom is -0.469 e. The Morgan fingerprint density at radius 2 is 2.22 bits per heavy atom. The highest BCUT2D eigenvalue weighted by molar-refractivity contribution is 5.94. The van der Waals surface area contributed by atoms with E-state index in [4.69, 9.17) is 5.26 Å². The molecule has 94 valence electrons. The van der Waals surface area contributed by atoms with Gasteiger partial charge >= 0.3 is 5.97 Å². The number of ether oxygens (including phenoxy) is 1. The van der Waals surface area contributed by atoms with Crippen molar-refractivity contribution < 1.29 is 18.7 Å². The fraction of sp³-hybridized carbons (Fsp3) is 0.250. The minimum atomic E-state index is -0.774. The van der Waals surface area contributed by atoms with Gasteiger partial charge in [0, 0.05) is 6.54 Å². The number of halogens is 1. The van der Waals surface area contributed by atoms with Crippen molar-refractivity contribution in [3.63, 3.8) is 0 Å². The number of nitrogens with one attached hydrogen (secondary N) is 1. The summed E-state index contributed by atoms with van der Waals surface area (Å²) in [7, 11) is 1.24. The number of amides is 1. The van der Waals surface area contributed by atoms with Crippen molar-refractivity contribution >= 4 is 11.9 Å². The van der Waals surface area contributed by atoms with Crippen LogP contribution in [-0.2, 0) is 9.53 Å². The third kappa shape index (κ3) is 3.56. The van der Waals surface area contributed by atoms with E-state index in [1.807, 2.05) is 0 Å². The van der Waals surface area contributed by atoms with Crippen LogP contribution in [0.3, 0.4) is 0 Å². The zero-order valence-corrected chi connectivity index (χ0v) is 9.70. The van der Waals surface area contributed by atoms with Gasteiger partial charge in [-0.2, -0.15) is 5.26 Å². The molecule has 0 aliphatic carbocycles. The van der Waals surface area contributed by atoms with Crippen molar-refractivity contribution in [2.24, 2.45) is 0 Å². The van der Waals surface area contributed by atoms with Gasteiger partial charge in [0.2, 0.25) is 0 Å². The maximum atomic E-state index is 13.4. The lowest BCUT2D eigenvalue weighted by Crippen LogP contribution is -2.27. The number of carbonyl (C=O) groups excluding carboxylic acids is 2. The molecule has 5 nitrogen and oxygen atoms in total. The molecule has 0 saturated carbocycles. The molecule has 0 fully saturated rings. The van der Waals surface area contributed by atoms with Crippen LogP contribution >= 0.6 is 0 Å². The van der Waals surface area contributed by atoms with Crippen LogP contribution in [-0.4, -0.2) is 25.5 Å². The third-order valence-electron chi connectivity index (χ3n) is 2.19. The SMILES string of the molecule is COC(=O)CCNC(=O)c1ccc(C#N)cc1F. The summed E-state index contributed by atoms with van der Waals surface area (Å²) in [6.07, 6.45) is 0.0140. The average Bonchev–Trinajstić information content (AvgIpc) is 2.37. The van der Waals surface area contributed by atoms with Crippen LogP contribution in [0.25, 0.3) is 0 Å². The standard InChI is InChI=1S/C12H11FN2O3/c1-18-11(16)4-5-15-12(17)9-3-2-8(7-14)6-10(9)13/h2-3,6H,4-5H2,1H3,(H,15,17). The van der Waals surface area contributed by atoms with E-state index in [9.17, 15) is 14.0 Å². The van der Waals surface area contributed by atoms with Crippen molar-refractivity contribution in [1.82, 2.24) is 5.32 Å². The van der Waals surface area contributed by atoms with Crippen LogP contribution in [0.2, 0.25) is 0 Å². The Balaban J connectivity index is 2.62. The quantitative estimate of drug-likeness (QED) is 0.808. The van der Waals surface area contributed by atoms with Gasteiger partial charge in [0.25, 0.3) is 5.91 Å². The predicted molar refractivity (Wildman–Crippen MR) is 60.1 cm³/mol. The van der Waals surface area contributed by atoms with Crippen molar-refractivity contribution in [3.05, 3.63) is 35.1 Å². The van der Waals surface area contributed by atoms with Crippen LogP contribution in [0, 0.1) is 17.1 Å². The van der Waals surface area contributed by atoms with E-state index in [-0.39, 0.29) is 24.1 Å². The molecule has 0 bridgehead atoms. The summed E-state index contributed by atoms with van der Waals surface area (Å²) in [4.78, 5) is 22.3. The van der Waals surface area contributed by atoms with Gasteiger partial charge in [0.1, 0.15) is 5.82 Å². The summed E-state index contributed by atoms with van der Waals surface area (Å²) in [5, 5.41) is 10.9. The molecule has 0 heterocycles. The number of esters is 1. The number of carbonyl (C=O) groups is 2. The van der Waals surface area contributed by atoms with E-state index < -0.39 is 17.7 Å². The Labute approximate surface area is 103 Å². The smallest absolute Gasteiger partial charge is 0.307 e. The lowest BCUT2D eigenvalue weighted by atomic mass is 10.1. The maximum Gasteiger partial charge on any atom is 0.307 e. The molecule has 0 aliphatic heterocycles. The summed E-state index contributed by atoms with van der Waals surface area (Å²) in [6.45, 7) is 0.0605. The molecule has 0 spiro atoms. The Kier molecular flexibility index (Phi) is 4.81. The van der Waals surface area contributed by atoms with Gasteiger partial charge in [-0.15, -0.1) is 0 Å². The van der Waals surface area contributed by atoms with Gasteiger partial charge in [0.15, 0.2) is 0 Å². The van der Waals surface area contributed by atoms with E-state index in [1.54, 1.807) is 6.07 Å². The van der Waals surface area contributed by atoms with Gasteiger partial charge in [0.05, 0.1) is 30.7 Å². The molecule has 0 saturated heterocycles. The summed E-state index contributed by atoms with van der Waals surface area (Å²) < 4.78 is 17.8. The van der Waals surface area contributed by atoms with E-state index in [1.165, 1.54) is 19.2 Å². The first kappa shape index (κ1) is 13.6. The molecular weight excluding hydrogens is 239 g/mol. The van der Waals surface area contributed by atoms with Crippen LogP contribution in [0.4, 0.5) is 4.39 Å². The van der Waals surface area contributed by atoms with E-state index in [0.717, 1.165) is 6.07 Å². The molecule has 1 amide bonds. The summed E-state index contributed by atoms with van der Waals surface area (Å²) in [6, 6.07) is 5.32. The highest BCUT2D eigenvalue weighted by atomic mass is 19.1. The number of hydrogen-bond donors (Lipinski definition) is 1. The molecule has 0 unspecified atom stereocenters. The molecule has 0 atom stereocenters. The summed E-state index contributed by atoms with van der Waals surface area (Å²) in [5.41, 5.74) is -0.0301. The van der Waals surface area contributed by atoms with Gasteiger partial charge in [-0.1, -0.05) is 0 Å². The molecular formula is C12H11FN2O3. The number of nitrogens with zero attached hydrogens (tertiary/aromatic N) is 1. The van der Waals surface area contributed by atoms with Crippen molar-refractivity contribution in [1.29, 1.82) is 5.26 Å². The zero-order valence-electron chi connectivity index (χ0n) is 9.70. The van der Waals surface area contributed by atoms with Crippen LogP contribution < -0.4 is 5.32 Å². The zero-order chi connectivity index (χ0) is 13.5. The third-order valence-corrected chi connectivity index (χ3v) is 2.19. The van der Waals surface area contributed by atoms with Gasteiger partial charge in [-0.25, -0.2) is 4.39 Å². The van der Waals surface area contributed by atoms with E-state index >= 15 is 0 Å². The normalized spacial score (nSPS) is 9.39. The lowest BCUT2D eigenvalue weighted by Gasteiger charge is -2.05. The number of hydrogen-bond acceptors (Lipinski definition) is 4. The molecule has 0 aliphatic rings. The largest absolute Gasteiger partial charge is 0.469 e. The Hall–Kier alpha value is -2.42. The Morgan fingerprint density at radius 3 is 2.78 bits per heavy atom. The number of benzene rings is 1. The van der Waals surface area contributed by atoms with Gasteiger partial charge in [-0.05, 0) is 18.2 Å². The minimum absolute atomic E-state index is 0.0140. The first-order valence-corrected chi connectivity index (χ1v) is 5.13. The number of nitriles is 1. The maximum absolute atomic E-state index is 13.4. The van der Waals surface area contributed by atoms with Crippen molar-refractivity contribution in [2.45, 2.75) is 6.42 Å². The van der Waals surface area contributed by atoms with Gasteiger partial charge in [-0.3, -0.25) is 9.59 Å². The first-order chi connectivity index (χ1) is 8.58.